The molecule has 0 fully saturated rings. The Hall–Kier alpha value is -0.890. The largest absolute Gasteiger partial charge is 0.363 e. The zero-order valence-corrected chi connectivity index (χ0v) is 12.0. The molecule has 1 aromatic rings. The molecule has 0 aliphatic heterocycles. The van der Waals surface area contributed by atoms with Gasteiger partial charge >= 0.3 is 0 Å². The van der Waals surface area contributed by atoms with E-state index in [9.17, 15) is 8.42 Å². The Labute approximate surface area is 109 Å². The number of sulfonamides is 1. The summed E-state index contributed by atoms with van der Waals surface area (Å²) in [6.45, 7) is 1.67. The first-order chi connectivity index (χ1) is 8.37. The van der Waals surface area contributed by atoms with Crippen molar-refractivity contribution in [2.45, 2.75) is 17.9 Å². The molecule has 0 aliphatic carbocycles. The minimum absolute atomic E-state index is 0.273. The Balaban J connectivity index is 2.67. The van der Waals surface area contributed by atoms with Crippen LogP contribution in [0.5, 0.6) is 0 Å². The van der Waals surface area contributed by atoms with Crippen LogP contribution in [0.3, 0.4) is 0 Å². The predicted molar refractivity (Wildman–Crippen MR) is 71.7 cm³/mol. The summed E-state index contributed by atoms with van der Waals surface area (Å²) in [5.41, 5.74) is 6.17. The SMILES string of the molecule is CN(C)CCCN(C)S(=O)(=O)c1c[nH]c(CN)c1. The van der Waals surface area contributed by atoms with E-state index in [1.165, 1.54) is 10.5 Å². The van der Waals surface area contributed by atoms with Crippen LogP contribution in [0.1, 0.15) is 12.1 Å². The first kappa shape index (κ1) is 15.2. The number of nitrogens with one attached hydrogen (secondary N) is 1. The van der Waals surface area contributed by atoms with Crippen molar-refractivity contribution in [2.24, 2.45) is 5.73 Å². The molecular formula is C11H22N4O2S. The number of aromatic amines is 1. The molecule has 0 saturated carbocycles. The first-order valence-electron chi connectivity index (χ1n) is 5.86. The fraction of sp³-hybridized carbons (Fsp3) is 0.636. The third-order valence-corrected chi connectivity index (χ3v) is 4.56. The second-order valence-corrected chi connectivity index (χ2v) is 6.59. The van der Waals surface area contributed by atoms with Crippen molar-refractivity contribution in [3.63, 3.8) is 0 Å². The van der Waals surface area contributed by atoms with Gasteiger partial charge in [-0.3, -0.25) is 0 Å². The molecule has 0 aromatic carbocycles. The Morgan fingerprint density at radius 1 is 1.28 bits per heavy atom. The summed E-state index contributed by atoms with van der Waals surface area (Å²) in [6.07, 6.45) is 2.29. The summed E-state index contributed by atoms with van der Waals surface area (Å²) in [7, 11) is 2.13. The second kappa shape index (κ2) is 6.33. The van der Waals surface area contributed by atoms with Gasteiger partial charge in [-0.1, -0.05) is 0 Å². The van der Waals surface area contributed by atoms with Gasteiger partial charge in [-0.25, -0.2) is 12.7 Å². The zero-order chi connectivity index (χ0) is 13.8. The van der Waals surface area contributed by atoms with Crippen LogP contribution < -0.4 is 5.73 Å². The molecule has 0 aliphatic rings. The van der Waals surface area contributed by atoms with Gasteiger partial charge in [-0.2, -0.15) is 0 Å². The average Bonchev–Trinajstić information content (AvgIpc) is 2.77. The number of H-pyrrole nitrogens is 1. The van der Waals surface area contributed by atoms with E-state index in [1.54, 1.807) is 13.1 Å². The fourth-order valence-electron chi connectivity index (χ4n) is 1.60. The van der Waals surface area contributed by atoms with E-state index in [1.807, 2.05) is 19.0 Å². The quantitative estimate of drug-likeness (QED) is 0.736. The molecule has 104 valence electrons. The average molecular weight is 274 g/mol. The Morgan fingerprint density at radius 3 is 2.44 bits per heavy atom. The van der Waals surface area contributed by atoms with Gasteiger partial charge in [0.05, 0.1) is 4.90 Å². The predicted octanol–water partition coefficient (Wildman–Crippen LogP) is 0.0456. The standard InChI is InChI=1S/C11H22N4O2S/c1-14(2)5-4-6-15(3)18(16,17)11-7-10(8-12)13-9-11/h7,9,13H,4-6,8,12H2,1-3H3. The van der Waals surface area contributed by atoms with Gasteiger partial charge in [-0.05, 0) is 33.1 Å². The van der Waals surface area contributed by atoms with E-state index in [-0.39, 0.29) is 4.90 Å². The van der Waals surface area contributed by atoms with E-state index in [0.717, 1.165) is 18.7 Å². The highest BCUT2D eigenvalue weighted by molar-refractivity contribution is 7.89. The molecule has 0 amide bonds. The molecule has 18 heavy (non-hydrogen) atoms. The van der Waals surface area contributed by atoms with Crippen LogP contribution in [0.2, 0.25) is 0 Å². The lowest BCUT2D eigenvalue weighted by Crippen LogP contribution is -2.29. The lowest BCUT2D eigenvalue weighted by molar-refractivity contribution is 0.370. The van der Waals surface area contributed by atoms with Crippen molar-refractivity contribution in [3.8, 4) is 0 Å². The number of rotatable bonds is 7. The van der Waals surface area contributed by atoms with Crippen LogP contribution in [0.4, 0.5) is 0 Å². The van der Waals surface area contributed by atoms with Crippen molar-refractivity contribution in [1.29, 1.82) is 0 Å². The van der Waals surface area contributed by atoms with Crippen LogP contribution in [0.25, 0.3) is 0 Å². The minimum atomic E-state index is -3.40. The summed E-state index contributed by atoms with van der Waals surface area (Å²) in [6, 6.07) is 1.58. The molecule has 0 spiro atoms. The lowest BCUT2D eigenvalue weighted by atomic mass is 10.4. The Kier molecular flexibility index (Phi) is 5.33. The van der Waals surface area contributed by atoms with Gasteiger partial charge in [0.25, 0.3) is 0 Å². The smallest absolute Gasteiger partial charge is 0.244 e. The molecule has 0 radical (unpaired) electrons. The number of hydrogen-bond acceptors (Lipinski definition) is 4. The summed E-state index contributed by atoms with van der Waals surface area (Å²) < 4.78 is 25.8. The topological polar surface area (TPSA) is 82.4 Å². The highest BCUT2D eigenvalue weighted by atomic mass is 32.2. The third-order valence-electron chi connectivity index (χ3n) is 2.72. The normalized spacial score (nSPS) is 12.6. The summed E-state index contributed by atoms with van der Waals surface area (Å²) in [5.74, 6) is 0. The zero-order valence-electron chi connectivity index (χ0n) is 11.2. The first-order valence-corrected chi connectivity index (χ1v) is 7.30. The highest BCUT2D eigenvalue weighted by Crippen LogP contribution is 2.15. The fourth-order valence-corrected chi connectivity index (χ4v) is 2.82. The summed E-state index contributed by atoms with van der Waals surface area (Å²) in [4.78, 5) is 5.16. The van der Waals surface area contributed by atoms with Gasteiger partial charge in [0.1, 0.15) is 0 Å². The van der Waals surface area contributed by atoms with E-state index < -0.39 is 10.0 Å². The molecule has 0 atom stereocenters. The van der Waals surface area contributed by atoms with Crippen LogP contribution in [0, 0.1) is 0 Å². The number of aromatic nitrogens is 1. The molecule has 0 bridgehead atoms. The molecule has 1 heterocycles. The number of hydrogen-bond donors (Lipinski definition) is 2. The molecule has 7 heteroatoms. The molecule has 0 saturated heterocycles. The van der Waals surface area contributed by atoms with Crippen molar-refractivity contribution < 1.29 is 8.42 Å². The minimum Gasteiger partial charge on any atom is -0.363 e. The molecule has 1 rings (SSSR count). The second-order valence-electron chi connectivity index (χ2n) is 4.55. The van der Waals surface area contributed by atoms with Gasteiger partial charge in [0.2, 0.25) is 10.0 Å². The molecule has 0 unspecified atom stereocenters. The monoisotopic (exact) mass is 274 g/mol. The Morgan fingerprint density at radius 2 is 1.94 bits per heavy atom. The lowest BCUT2D eigenvalue weighted by Gasteiger charge is -2.17. The van der Waals surface area contributed by atoms with Crippen molar-refractivity contribution in [3.05, 3.63) is 18.0 Å². The Bertz CT molecular complexity index is 467. The maximum Gasteiger partial charge on any atom is 0.244 e. The van der Waals surface area contributed by atoms with E-state index in [4.69, 9.17) is 5.73 Å². The van der Waals surface area contributed by atoms with Crippen LogP contribution in [-0.4, -0.2) is 56.8 Å². The van der Waals surface area contributed by atoms with Gasteiger partial charge in [0, 0.05) is 32.0 Å². The maximum absolute atomic E-state index is 12.2. The molecular weight excluding hydrogens is 252 g/mol. The van der Waals surface area contributed by atoms with Crippen LogP contribution in [-0.2, 0) is 16.6 Å². The summed E-state index contributed by atoms with van der Waals surface area (Å²) >= 11 is 0. The van der Waals surface area contributed by atoms with E-state index >= 15 is 0 Å². The van der Waals surface area contributed by atoms with Crippen LogP contribution >= 0.6 is 0 Å². The van der Waals surface area contributed by atoms with Crippen molar-refractivity contribution >= 4 is 10.0 Å². The van der Waals surface area contributed by atoms with E-state index in [0.29, 0.717) is 13.1 Å². The highest BCUT2D eigenvalue weighted by Gasteiger charge is 2.21. The summed E-state index contributed by atoms with van der Waals surface area (Å²) in [5, 5.41) is 0. The van der Waals surface area contributed by atoms with Gasteiger partial charge < -0.3 is 15.6 Å². The third kappa shape index (κ3) is 3.81. The van der Waals surface area contributed by atoms with Crippen LogP contribution in [0.15, 0.2) is 17.2 Å². The molecule has 1 aromatic heterocycles. The molecule has 6 nitrogen and oxygen atoms in total. The molecule has 3 N–H and O–H groups in total. The van der Waals surface area contributed by atoms with Gasteiger partial charge in [0.15, 0.2) is 0 Å². The maximum atomic E-state index is 12.2. The van der Waals surface area contributed by atoms with E-state index in [2.05, 4.69) is 4.98 Å². The van der Waals surface area contributed by atoms with Crippen molar-refractivity contribution in [1.82, 2.24) is 14.2 Å². The van der Waals surface area contributed by atoms with Crippen molar-refractivity contribution in [2.75, 3.05) is 34.2 Å². The number of nitrogens with zero attached hydrogens (tertiary/aromatic N) is 2. The van der Waals surface area contributed by atoms with Gasteiger partial charge in [-0.15, -0.1) is 0 Å². The number of nitrogens with two attached hydrogens (primary N) is 1.